The molecule has 0 aromatic rings. The Kier molecular flexibility index (Phi) is 30.6. The van der Waals surface area contributed by atoms with Gasteiger partial charge in [-0.25, -0.2) is 0 Å². The van der Waals surface area contributed by atoms with E-state index in [4.69, 9.17) is 94.9 Å². The van der Waals surface area contributed by atoms with Gasteiger partial charge in [-0.15, -0.1) is 0 Å². The van der Waals surface area contributed by atoms with E-state index in [2.05, 4.69) is 58.9 Å². The molecule has 0 aromatic heterocycles. The molecular weight excluding hydrogens is 1150 g/mol. The number of epoxide rings is 2. The molecule has 36 heteroatoms. The predicted molar refractivity (Wildman–Crippen MR) is 296 cm³/mol. The lowest BCUT2D eigenvalue weighted by Gasteiger charge is -2.42. The smallest absolute Gasteiger partial charge is 0.420 e. The largest absolute Gasteiger partial charge is 0.500 e. The lowest BCUT2D eigenvalue weighted by atomic mass is 10.5. The zero-order valence-corrected chi connectivity index (χ0v) is 60.9. The van der Waals surface area contributed by atoms with Gasteiger partial charge in [0.05, 0.1) is 26.4 Å². The summed E-state index contributed by atoms with van der Waals surface area (Å²) in [7, 11) is -18.3. The Morgan fingerprint density at radius 2 is 0.629 bits per heavy atom. The van der Waals surface area contributed by atoms with Gasteiger partial charge in [-0.05, 0) is 116 Å². The third kappa shape index (κ3) is 25.7. The van der Waals surface area contributed by atoms with Crippen LogP contribution in [-0.4, -0.2) is 221 Å². The first-order valence-corrected chi connectivity index (χ1v) is 55.4. The van der Waals surface area contributed by atoms with Crippen LogP contribution in [0.3, 0.4) is 0 Å². The molecule has 5 fully saturated rings. The molecule has 70 heavy (non-hydrogen) atoms. The van der Waals surface area contributed by atoms with Crippen LogP contribution in [0.2, 0.25) is 115 Å². The Bertz CT molecular complexity index is 1380. The van der Waals surface area contributed by atoms with Gasteiger partial charge in [-0.1, -0.05) is 0 Å². The van der Waals surface area contributed by atoms with Gasteiger partial charge in [0, 0.05) is 68.0 Å². The topological polar surface area (TPSA) is 210 Å². The highest BCUT2D eigenvalue weighted by molar-refractivity contribution is 6.86. The lowest BCUT2D eigenvalue weighted by molar-refractivity contribution is 0.115. The van der Waals surface area contributed by atoms with Gasteiger partial charge >= 0.3 is 70.4 Å². The fraction of sp³-hybridized carbons (Fsp3) is 1.00. The molecule has 5 rings (SSSR count). The van der Waals surface area contributed by atoms with E-state index in [1.165, 1.54) is 0 Å². The molecule has 416 valence electrons. The van der Waals surface area contributed by atoms with E-state index in [9.17, 15) is 0 Å². The standard InChI is InChI=1S/C15H38O9Si5.C10H26O6Si4.C9H28O7Si5/c1-16-29(17-2,18-3)12-11-28(7)23-25(4)21-27(6,22-26(5)24-28)10-8-9-19-13-15-14-20-15;1-17-13-18(2)15-20(4,16-19(3)14-17)7-5-6-11-8-10-9-12-10;1-10-21(11-2,12-3)9-8-20(7)15-18(5)13-17(4)14-19(6)16-20/h15,25-26H,8-14H2,1-7H3;10,17-19H,5-9H2,1-4H3;17-19H,8-9H2,1-7H3. The zero-order chi connectivity index (χ0) is 52.2. The molecule has 5 saturated heterocycles. The van der Waals surface area contributed by atoms with Crippen LogP contribution in [-0.2, 0) is 94.9 Å². The Balaban J connectivity index is 0.000000284. The van der Waals surface area contributed by atoms with E-state index in [0.717, 1.165) is 56.8 Å². The molecule has 0 saturated carbocycles. The van der Waals surface area contributed by atoms with Crippen molar-refractivity contribution in [2.45, 2.75) is 140 Å². The van der Waals surface area contributed by atoms with E-state index in [1.54, 1.807) is 42.7 Å². The van der Waals surface area contributed by atoms with Crippen molar-refractivity contribution >= 4 is 126 Å². The summed E-state index contributed by atoms with van der Waals surface area (Å²) in [6, 6.07) is 4.63. The Labute approximate surface area is 440 Å². The third-order valence-electron chi connectivity index (χ3n) is 11.7. The van der Waals surface area contributed by atoms with Crippen LogP contribution in [0.4, 0.5) is 0 Å². The van der Waals surface area contributed by atoms with Crippen molar-refractivity contribution in [3.8, 4) is 0 Å². The van der Waals surface area contributed by atoms with Gasteiger partial charge in [0.1, 0.15) is 12.2 Å². The van der Waals surface area contributed by atoms with Crippen molar-refractivity contribution in [2.24, 2.45) is 0 Å². The second-order valence-corrected chi connectivity index (χ2v) is 56.7. The molecule has 8 unspecified atom stereocenters. The molecule has 0 radical (unpaired) electrons. The van der Waals surface area contributed by atoms with Crippen LogP contribution in [0.1, 0.15) is 12.8 Å². The second-order valence-electron chi connectivity index (χ2n) is 18.4. The Hall–Kier alpha value is 2.16. The SMILES string of the molecule is CO[Si](CC[Si]1(C)O[SiH](C)O[SiH](C)O[SiH](C)O1)(OC)OC.CO[Si](CC[Si]1(C)O[SiH](C)O[Si](C)(CCCOCC2CO2)O[SiH](C)O1)(OC)OC.C[SiH]1O[SiH](C)O[Si](C)(CCCOCC2CO2)O[SiH](C)O1. The Morgan fingerprint density at radius 1 is 0.386 bits per heavy atom. The fourth-order valence-electron chi connectivity index (χ4n) is 8.32. The van der Waals surface area contributed by atoms with Crippen molar-refractivity contribution in [1.82, 2.24) is 0 Å². The second kappa shape index (κ2) is 32.3. The summed E-state index contributed by atoms with van der Waals surface area (Å²) in [4.78, 5) is 0. The molecule has 0 amide bonds. The summed E-state index contributed by atoms with van der Waals surface area (Å²) in [5.41, 5.74) is 0. The molecular formula is C34H92O22Si14. The van der Waals surface area contributed by atoms with Gasteiger partial charge in [0.25, 0.3) is 55.7 Å². The monoisotopic (exact) mass is 1240 g/mol. The van der Waals surface area contributed by atoms with Crippen molar-refractivity contribution in [3.63, 3.8) is 0 Å². The molecule has 8 atom stereocenters. The van der Waals surface area contributed by atoms with Gasteiger partial charge in [0.2, 0.25) is 0 Å². The maximum absolute atomic E-state index is 6.47. The van der Waals surface area contributed by atoms with E-state index in [-0.39, 0.29) is 0 Å². The van der Waals surface area contributed by atoms with Gasteiger partial charge in [-0.2, -0.15) is 0 Å². The average molecular weight is 1250 g/mol. The van der Waals surface area contributed by atoms with Gasteiger partial charge in [-0.3, -0.25) is 0 Å². The molecule has 5 aliphatic heterocycles. The highest BCUT2D eigenvalue weighted by Crippen LogP contribution is 2.31. The maximum Gasteiger partial charge on any atom is 0.500 e. The molecule has 5 aliphatic rings. The molecule has 0 spiro atoms. The summed E-state index contributed by atoms with van der Waals surface area (Å²) in [6.07, 6.45) is 2.52. The molecule has 5 heterocycles. The average Bonchev–Trinajstić information content (AvgIpc) is 4.21. The predicted octanol–water partition coefficient (Wildman–Crippen LogP) is 2.66. The van der Waals surface area contributed by atoms with Crippen LogP contribution in [0.25, 0.3) is 0 Å². The Morgan fingerprint density at radius 3 is 0.871 bits per heavy atom. The lowest BCUT2D eigenvalue weighted by Crippen LogP contribution is -2.58. The first-order valence-electron chi connectivity index (χ1n) is 24.7. The first-order chi connectivity index (χ1) is 32.9. The van der Waals surface area contributed by atoms with Crippen LogP contribution in [0, 0.1) is 0 Å². The molecule has 22 nitrogen and oxygen atoms in total. The minimum absolute atomic E-state index is 0.303. The van der Waals surface area contributed by atoms with Gasteiger partial charge in [0.15, 0.2) is 0 Å². The quantitative estimate of drug-likeness (QED) is 0.0773. The zero-order valence-electron chi connectivity index (χ0n) is 45.7. The van der Waals surface area contributed by atoms with Crippen LogP contribution in [0.5, 0.6) is 0 Å². The highest BCUT2D eigenvalue weighted by atomic mass is 28.5. The van der Waals surface area contributed by atoms with E-state index in [0.29, 0.717) is 44.1 Å². The molecule has 0 N–H and O–H groups in total. The summed E-state index contributed by atoms with van der Waals surface area (Å²) < 4.78 is 129. The van der Waals surface area contributed by atoms with Gasteiger partial charge < -0.3 is 94.9 Å². The summed E-state index contributed by atoms with van der Waals surface area (Å²) in [6.45, 7) is 29.4. The van der Waals surface area contributed by atoms with Crippen LogP contribution >= 0.6 is 0 Å². The molecule has 0 aliphatic carbocycles. The first kappa shape index (κ1) is 66.4. The number of hydrogen-bond acceptors (Lipinski definition) is 22. The van der Waals surface area contributed by atoms with Crippen LogP contribution in [0.15, 0.2) is 0 Å². The maximum atomic E-state index is 6.47. The minimum Gasteiger partial charge on any atom is -0.420 e. The van der Waals surface area contributed by atoms with Crippen molar-refractivity contribution in [2.75, 3.05) is 82.3 Å². The fourth-order valence-corrected chi connectivity index (χ4v) is 61.8. The number of rotatable bonds is 24. The normalized spacial score (nSPS) is 37.5. The highest BCUT2D eigenvalue weighted by Gasteiger charge is 2.49. The summed E-state index contributed by atoms with van der Waals surface area (Å²) >= 11 is 0. The van der Waals surface area contributed by atoms with E-state index < -0.39 is 126 Å². The minimum atomic E-state index is -2.67. The van der Waals surface area contributed by atoms with E-state index in [1.807, 2.05) is 19.6 Å². The molecule has 0 aromatic carbocycles. The van der Waals surface area contributed by atoms with Crippen molar-refractivity contribution in [3.05, 3.63) is 0 Å². The third-order valence-corrected chi connectivity index (χ3v) is 61.9. The number of hydrogen-bond donors (Lipinski definition) is 0. The van der Waals surface area contributed by atoms with E-state index >= 15 is 0 Å². The molecule has 0 bridgehead atoms. The van der Waals surface area contributed by atoms with Crippen molar-refractivity contribution in [1.29, 1.82) is 0 Å². The number of ether oxygens (including phenoxy) is 4. The van der Waals surface area contributed by atoms with Crippen molar-refractivity contribution < 1.29 is 94.9 Å². The van der Waals surface area contributed by atoms with Crippen LogP contribution < -0.4 is 0 Å². The summed E-state index contributed by atoms with van der Waals surface area (Å²) in [5, 5.41) is 0. The summed E-state index contributed by atoms with van der Waals surface area (Å²) in [5.74, 6) is 0.